The second-order valence-electron chi connectivity index (χ2n) is 4.98. The topological polar surface area (TPSA) is 108 Å². The molecule has 1 heterocycles. The quantitative estimate of drug-likeness (QED) is 0.511. The molecule has 0 saturated carbocycles. The summed E-state index contributed by atoms with van der Waals surface area (Å²) in [4.78, 5) is 14.5. The first-order valence-corrected chi connectivity index (χ1v) is 6.34. The highest BCUT2D eigenvalue weighted by Gasteiger charge is 2.16. The van der Waals surface area contributed by atoms with Crippen molar-refractivity contribution in [1.29, 1.82) is 0 Å². The highest BCUT2D eigenvalue weighted by Crippen LogP contribution is 2.28. The van der Waals surface area contributed by atoms with Crippen LogP contribution in [0.3, 0.4) is 0 Å². The van der Waals surface area contributed by atoms with Gasteiger partial charge in [-0.15, -0.1) is 0 Å². The van der Waals surface area contributed by atoms with Crippen LogP contribution >= 0.6 is 0 Å². The molecule has 0 aliphatic heterocycles. The van der Waals surface area contributed by atoms with Gasteiger partial charge in [0.25, 0.3) is 11.6 Å². The van der Waals surface area contributed by atoms with E-state index in [9.17, 15) is 10.1 Å². The van der Waals surface area contributed by atoms with Crippen LogP contribution in [0.25, 0.3) is 11.5 Å². The van der Waals surface area contributed by atoms with Gasteiger partial charge in [0.2, 0.25) is 0 Å². The molecule has 0 saturated heterocycles. The Morgan fingerprint density at radius 3 is 2.85 bits per heavy atom. The van der Waals surface area contributed by atoms with Crippen LogP contribution in [0, 0.1) is 16.0 Å². The van der Waals surface area contributed by atoms with Crippen molar-refractivity contribution in [2.75, 3.05) is 5.73 Å². The number of benzene rings is 1. The maximum atomic E-state index is 10.8. The Hall–Kier alpha value is -2.44. The van der Waals surface area contributed by atoms with E-state index in [2.05, 4.69) is 24.0 Å². The Morgan fingerprint density at radius 1 is 1.45 bits per heavy atom. The zero-order chi connectivity index (χ0) is 14.7. The van der Waals surface area contributed by atoms with E-state index < -0.39 is 4.92 Å². The summed E-state index contributed by atoms with van der Waals surface area (Å²) in [5.74, 6) is 1.34. The fraction of sp³-hybridized carbons (Fsp3) is 0.385. The number of aromatic nitrogens is 2. The van der Waals surface area contributed by atoms with Gasteiger partial charge in [-0.2, -0.15) is 4.98 Å². The zero-order valence-electron chi connectivity index (χ0n) is 11.4. The predicted molar refractivity (Wildman–Crippen MR) is 74.0 cm³/mol. The summed E-state index contributed by atoms with van der Waals surface area (Å²) in [5, 5.41) is 14.6. The van der Waals surface area contributed by atoms with Gasteiger partial charge in [-0.25, -0.2) is 0 Å². The van der Waals surface area contributed by atoms with Crippen LogP contribution in [0.5, 0.6) is 0 Å². The van der Waals surface area contributed by atoms with E-state index in [4.69, 9.17) is 10.3 Å². The third kappa shape index (κ3) is 3.11. The second kappa shape index (κ2) is 5.68. The van der Waals surface area contributed by atoms with Crippen molar-refractivity contribution in [1.82, 2.24) is 10.1 Å². The zero-order valence-corrected chi connectivity index (χ0v) is 11.4. The fourth-order valence-electron chi connectivity index (χ4n) is 1.73. The molecule has 106 valence electrons. The lowest BCUT2D eigenvalue weighted by Crippen LogP contribution is -1.95. The first-order valence-electron chi connectivity index (χ1n) is 6.34. The van der Waals surface area contributed by atoms with Crippen molar-refractivity contribution in [2.45, 2.75) is 26.7 Å². The van der Waals surface area contributed by atoms with Gasteiger partial charge in [0.1, 0.15) is 0 Å². The molecule has 2 N–H and O–H groups in total. The molecule has 7 nitrogen and oxygen atoms in total. The minimum absolute atomic E-state index is 0.0591. The van der Waals surface area contributed by atoms with Crippen LogP contribution < -0.4 is 5.73 Å². The summed E-state index contributed by atoms with van der Waals surface area (Å²) >= 11 is 0. The van der Waals surface area contributed by atoms with Crippen molar-refractivity contribution >= 4 is 11.4 Å². The van der Waals surface area contributed by atoms with Gasteiger partial charge < -0.3 is 10.3 Å². The minimum atomic E-state index is -0.487. The van der Waals surface area contributed by atoms with Crippen LogP contribution in [0.15, 0.2) is 22.7 Å². The van der Waals surface area contributed by atoms with E-state index in [1.807, 2.05) is 0 Å². The number of nitrogens with two attached hydrogens (primary N) is 1. The number of rotatable bonds is 5. The number of aryl methyl sites for hydroxylation is 1. The van der Waals surface area contributed by atoms with E-state index in [1.165, 1.54) is 18.2 Å². The average Bonchev–Trinajstić information content (AvgIpc) is 2.85. The van der Waals surface area contributed by atoms with E-state index in [0.717, 1.165) is 6.42 Å². The summed E-state index contributed by atoms with van der Waals surface area (Å²) in [6.07, 6.45) is 1.65. The Kier molecular flexibility index (Phi) is 3.97. The molecule has 0 aliphatic carbocycles. The van der Waals surface area contributed by atoms with Crippen molar-refractivity contribution in [3.05, 3.63) is 34.1 Å². The minimum Gasteiger partial charge on any atom is -0.398 e. The lowest BCUT2D eigenvalue weighted by atomic mass is 10.1. The van der Waals surface area contributed by atoms with E-state index in [1.54, 1.807) is 0 Å². The standard InChI is InChI=1S/C13H16N4O3/c1-8(2)3-6-12-15-13(20-16-12)10-7-9(17(18)19)4-5-11(10)14/h4-5,7-8H,3,6,14H2,1-2H3. The monoisotopic (exact) mass is 276 g/mol. The van der Waals surface area contributed by atoms with Crippen LogP contribution in [0.4, 0.5) is 11.4 Å². The molecule has 0 fully saturated rings. The molecule has 0 unspecified atom stereocenters. The Morgan fingerprint density at radius 2 is 2.20 bits per heavy atom. The van der Waals surface area contributed by atoms with Crippen LogP contribution in [-0.4, -0.2) is 15.1 Å². The van der Waals surface area contributed by atoms with Gasteiger partial charge in [-0.3, -0.25) is 10.1 Å². The number of anilines is 1. The normalized spacial score (nSPS) is 10.9. The average molecular weight is 276 g/mol. The Bertz CT molecular complexity index is 622. The molecule has 1 aromatic carbocycles. The molecule has 0 bridgehead atoms. The lowest BCUT2D eigenvalue weighted by Gasteiger charge is -2.00. The highest BCUT2D eigenvalue weighted by molar-refractivity contribution is 5.73. The third-order valence-electron chi connectivity index (χ3n) is 2.89. The second-order valence-corrected chi connectivity index (χ2v) is 4.98. The van der Waals surface area contributed by atoms with Gasteiger partial charge in [0, 0.05) is 24.2 Å². The van der Waals surface area contributed by atoms with Gasteiger partial charge in [0.15, 0.2) is 5.82 Å². The fourth-order valence-corrected chi connectivity index (χ4v) is 1.73. The maximum Gasteiger partial charge on any atom is 0.270 e. The first kappa shape index (κ1) is 14.0. The number of nitro groups is 1. The molecule has 7 heteroatoms. The van der Waals surface area contributed by atoms with Crippen molar-refractivity contribution in [2.24, 2.45) is 5.92 Å². The summed E-state index contributed by atoms with van der Waals surface area (Å²) in [6.45, 7) is 4.22. The summed E-state index contributed by atoms with van der Waals surface area (Å²) in [5.41, 5.74) is 6.50. The van der Waals surface area contributed by atoms with Crippen LogP contribution in [0.2, 0.25) is 0 Å². The summed E-state index contributed by atoms with van der Waals surface area (Å²) in [6, 6.07) is 4.15. The van der Waals surface area contributed by atoms with E-state index in [0.29, 0.717) is 29.4 Å². The molecule has 0 amide bonds. The SMILES string of the molecule is CC(C)CCc1noc(-c2cc([N+](=O)[O-])ccc2N)n1. The number of nitrogens with zero attached hydrogens (tertiary/aromatic N) is 3. The Balaban J connectivity index is 2.27. The lowest BCUT2D eigenvalue weighted by molar-refractivity contribution is -0.384. The molecule has 2 aromatic rings. The first-order chi connectivity index (χ1) is 9.47. The molecule has 20 heavy (non-hydrogen) atoms. The summed E-state index contributed by atoms with van der Waals surface area (Å²) in [7, 11) is 0. The third-order valence-corrected chi connectivity index (χ3v) is 2.89. The van der Waals surface area contributed by atoms with Gasteiger partial charge in [-0.1, -0.05) is 19.0 Å². The smallest absolute Gasteiger partial charge is 0.270 e. The number of nitrogen functional groups attached to an aromatic ring is 1. The number of hydrogen-bond donors (Lipinski definition) is 1. The largest absolute Gasteiger partial charge is 0.398 e. The molecule has 2 rings (SSSR count). The highest BCUT2D eigenvalue weighted by atomic mass is 16.6. The van der Waals surface area contributed by atoms with Crippen molar-refractivity contribution in [3.8, 4) is 11.5 Å². The van der Waals surface area contributed by atoms with Crippen LogP contribution in [0.1, 0.15) is 26.1 Å². The van der Waals surface area contributed by atoms with Crippen LogP contribution in [-0.2, 0) is 6.42 Å². The molecule has 0 radical (unpaired) electrons. The van der Waals surface area contributed by atoms with Crippen molar-refractivity contribution < 1.29 is 9.45 Å². The van der Waals surface area contributed by atoms with Gasteiger partial charge in [-0.05, 0) is 18.4 Å². The van der Waals surface area contributed by atoms with Gasteiger partial charge >= 0.3 is 0 Å². The molecular weight excluding hydrogens is 260 g/mol. The Labute approximate surface area is 115 Å². The van der Waals surface area contributed by atoms with E-state index >= 15 is 0 Å². The number of non-ortho nitro benzene ring substituents is 1. The summed E-state index contributed by atoms with van der Waals surface area (Å²) < 4.78 is 5.13. The molecular formula is C13H16N4O3. The molecule has 0 spiro atoms. The van der Waals surface area contributed by atoms with Crippen molar-refractivity contribution in [3.63, 3.8) is 0 Å². The number of nitro benzene ring substituents is 1. The molecule has 0 aliphatic rings. The number of hydrogen-bond acceptors (Lipinski definition) is 6. The predicted octanol–water partition coefficient (Wildman–Crippen LogP) is 2.82. The molecule has 0 atom stereocenters. The van der Waals surface area contributed by atoms with Gasteiger partial charge in [0.05, 0.1) is 10.5 Å². The maximum absolute atomic E-state index is 10.8. The molecule has 1 aromatic heterocycles. The van der Waals surface area contributed by atoms with E-state index in [-0.39, 0.29) is 11.6 Å².